The van der Waals surface area contributed by atoms with Gasteiger partial charge in [0, 0.05) is 17.5 Å². The number of anilines is 1. The summed E-state index contributed by atoms with van der Waals surface area (Å²) < 4.78 is 12.2. The average molecular weight is 543 g/mol. The monoisotopic (exact) mass is 542 g/mol. The Morgan fingerprint density at radius 3 is 2.50 bits per heavy atom. The van der Waals surface area contributed by atoms with Gasteiger partial charge in [0.25, 0.3) is 11.6 Å². The largest absolute Gasteiger partial charge is 0.490 e. The van der Waals surface area contributed by atoms with Gasteiger partial charge in [-0.05, 0) is 59.8 Å². The summed E-state index contributed by atoms with van der Waals surface area (Å²) in [5.41, 5.74) is 2.35. The van der Waals surface area contributed by atoms with Crippen molar-refractivity contribution >= 4 is 62.4 Å². The van der Waals surface area contributed by atoms with E-state index in [0.29, 0.717) is 27.3 Å². The average Bonchev–Trinajstić information content (AvgIpc) is 3.20. The molecule has 1 heterocycles. The van der Waals surface area contributed by atoms with Crippen LogP contribution in [-0.2, 0) is 11.4 Å². The third kappa shape index (κ3) is 5.25. The molecule has 0 spiro atoms. The molecule has 0 N–H and O–H groups in total. The van der Waals surface area contributed by atoms with Crippen LogP contribution in [0.15, 0.2) is 89.8 Å². The van der Waals surface area contributed by atoms with Crippen LogP contribution in [0.2, 0.25) is 0 Å². The fraction of sp³-hybridized carbons (Fsp3) is 0.103. The van der Waals surface area contributed by atoms with Crippen molar-refractivity contribution in [2.24, 2.45) is 0 Å². The second-order valence-electron chi connectivity index (χ2n) is 8.37. The Balaban J connectivity index is 1.37. The van der Waals surface area contributed by atoms with E-state index in [9.17, 15) is 14.9 Å². The van der Waals surface area contributed by atoms with E-state index in [1.54, 1.807) is 29.2 Å². The number of thioether (sulfide) groups is 1. The van der Waals surface area contributed by atoms with E-state index < -0.39 is 4.92 Å². The molecule has 5 rings (SSSR count). The lowest BCUT2D eigenvalue weighted by molar-refractivity contribution is -0.384. The predicted octanol–water partition coefficient (Wildman–Crippen LogP) is 7.13. The first kappa shape index (κ1) is 25.4. The van der Waals surface area contributed by atoms with Gasteiger partial charge in [-0.15, -0.1) is 0 Å². The Kier molecular flexibility index (Phi) is 7.39. The van der Waals surface area contributed by atoms with Crippen molar-refractivity contribution in [3.05, 3.63) is 111 Å². The number of hydrogen-bond acceptors (Lipinski definition) is 7. The number of nitrogens with zero attached hydrogens (tertiary/aromatic N) is 2. The summed E-state index contributed by atoms with van der Waals surface area (Å²) in [5.74, 6) is 0.895. The number of ether oxygens (including phenoxy) is 2. The molecule has 190 valence electrons. The maximum atomic E-state index is 13.4. The van der Waals surface area contributed by atoms with Gasteiger partial charge in [0.1, 0.15) is 6.61 Å². The summed E-state index contributed by atoms with van der Waals surface area (Å²) >= 11 is 6.86. The molecule has 1 aliphatic heterocycles. The lowest BCUT2D eigenvalue weighted by atomic mass is 10.1. The molecule has 38 heavy (non-hydrogen) atoms. The van der Waals surface area contributed by atoms with Crippen LogP contribution in [0.1, 0.15) is 18.1 Å². The Morgan fingerprint density at radius 2 is 1.74 bits per heavy atom. The minimum atomic E-state index is -0.438. The highest BCUT2D eigenvalue weighted by atomic mass is 32.2. The van der Waals surface area contributed by atoms with Crippen molar-refractivity contribution in [3.8, 4) is 11.5 Å². The predicted molar refractivity (Wildman–Crippen MR) is 155 cm³/mol. The summed E-state index contributed by atoms with van der Waals surface area (Å²) in [4.78, 5) is 25.9. The van der Waals surface area contributed by atoms with Gasteiger partial charge in [-0.2, -0.15) is 0 Å². The Bertz CT molecular complexity index is 1580. The van der Waals surface area contributed by atoms with E-state index in [-0.39, 0.29) is 18.2 Å². The molecule has 0 bridgehead atoms. The quantitative estimate of drug-likeness (QED) is 0.101. The van der Waals surface area contributed by atoms with Crippen LogP contribution in [-0.4, -0.2) is 21.8 Å². The topological polar surface area (TPSA) is 81.9 Å². The smallest absolute Gasteiger partial charge is 0.270 e. The summed E-state index contributed by atoms with van der Waals surface area (Å²) in [7, 11) is 0. The van der Waals surface area contributed by atoms with Gasteiger partial charge in [0.05, 0.1) is 22.1 Å². The van der Waals surface area contributed by atoms with Crippen molar-refractivity contribution in [3.63, 3.8) is 0 Å². The summed E-state index contributed by atoms with van der Waals surface area (Å²) in [5, 5.41) is 12.9. The third-order valence-corrected chi connectivity index (χ3v) is 7.21. The highest BCUT2D eigenvalue weighted by Crippen LogP contribution is 2.39. The molecular formula is C29H22N2O5S2. The normalized spacial score (nSPS) is 14.3. The zero-order chi connectivity index (χ0) is 26.6. The molecule has 0 unspecified atom stereocenters. The number of thiocarbonyl (C=S) groups is 1. The third-order valence-electron chi connectivity index (χ3n) is 5.91. The molecule has 1 amide bonds. The van der Waals surface area contributed by atoms with Crippen molar-refractivity contribution in [1.29, 1.82) is 0 Å². The van der Waals surface area contributed by atoms with Crippen LogP contribution in [0, 0.1) is 10.1 Å². The summed E-state index contributed by atoms with van der Waals surface area (Å²) in [6.45, 7) is 2.53. The number of carbonyl (C=O) groups is 1. The van der Waals surface area contributed by atoms with Crippen LogP contribution in [0.4, 0.5) is 11.4 Å². The lowest BCUT2D eigenvalue weighted by Gasteiger charge is -2.17. The first-order valence-electron chi connectivity index (χ1n) is 11.8. The zero-order valence-electron chi connectivity index (χ0n) is 20.3. The van der Waals surface area contributed by atoms with E-state index in [1.807, 2.05) is 61.5 Å². The molecular weight excluding hydrogens is 520 g/mol. The summed E-state index contributed by atoms with van der Waals surface area (Å²) in [6, 6.07) is 25.4. The number of non-ortho nitro benzene ring substituents is 1. The Hall–Kier alpha value is -4.21. The standard InChI is InChI=1S/C29H22N2O5S2/c1-2-35-26-16-20(12-15-25(26)36-18-19-10-13-22(14-11-19)31(33)34)17-27-28(32)30(29(37)38-27)24-9-5-7-21-6-3-4-8-23(21)24/h3-17H,2,18H2,1H3/b27-17-. The minimum absolute atomic E-state index is 0.0268. The molecule has 1 fully saturated rings. The number of benzene rings is 4. The maximum Gasteiger partial charge on any atom is 0.270 e. The molecule has 4 aromatic rings. The zero-order valence-corrected chi connectivity index (χ0v) is 22.0. The molecule has 0 atom stereocenters. The molecule has 0 saturated carbocycles. The van der Waals surface area contributed by atoms with E-state index in [0.717, 1.165) is 27.6 Å². The van der Waals surface area contributed by atoms with Crippen molar-refractivity contribution in [1.82, 2.24) is 0 Å². The number of rotatable bonds is 8. The van der Waals surface area contributed by atoms with Crippen LogP contribution < -0.4 is 14.4 Å². The van der Waals surface area contributed by atoms with E-state index >= 15 is 0 Å². The second kappa shape index (κ2) is 11.0. The van der Waals surface area contributed by atoms with Gasteiger partial charge in [-0.3, -0.25) is 19.8 Å². The van der Waals surface area contributed by atoms with Crippen LogP contribution in [0.25, 0.3) is 16.8 Å². The fourth-order valence-corrected chi connectivity index (χ4v) is 5.39. The van der Waals surface area contributed by atoms with E-state index in [2.05, 4.69) is 0 Å². The van der Waals surface area contributed by atoms with Gasteiger partial charge in [-0.25, -0.2) is 0 Å². The first-order valence-corrected chi connectivity index (χ1v) is 13.1. The molecule has 0 aromatic heterocycles. The van der Waals surface area contributed by atoms with Crippen molar-refractivity contribution in [2.45, 2.75) is 13.5 Å². The maximum absolute atomic E-state index is 13.4. The van der Waals surface area contributed by atoms with Gasteiger partial charge in [0.15, 0.2) is 15.8 Å². The number of amides is 1. The molecule has 1 saturated heterocycles. The van der Waals surface area contributed by atoms with Gasteiger partial charge >= 0.3 is 0 Å². The van der Waals surface area contributed by atoms with Crippen molar-refractivity contribution < 1.29 is 19.2 Å². The number of nitro benzene ring substituents is 1. The first-order chi connectivity index (χ1) is 18.4. The SMILES string of the molecule is CCOc1cc(/C=C2\SC(=S)N(c3cccc4ccccc34)C2=O)ccc1OCc1ccc([N+](=O)[O-])cc1. The van der Waals surface area contributed by atoms with Crippen LogP contribution in [0.3, 0.4) is 0 Å². The van der Waals surface area contributed by atoms with Gasteiger partial charge in [0.2, 0.25) is 0 Å². The van der Waals surface area contributed by atoms with Crippen LogP contribution in [0.5, 0.6) is 11.5 Å². The van der Waals surface area contributed by atoms with E-state index in [4.69, 9.17) is 21.7 Å². The summed E-state index contributed by atoms with van der Waals surface area (Å²) in [6.07, 6.45) is 1.80. The Morgan fingerprint density at radius 1 is 0.974 bits per heavy atom. The number of fused-ring (bicyclic) bond motifs is 1. The number of nitro groups is 1. The van der Waals surface area contributed by atoms with Crippen molar-refractivity contribution in [2.75, 3.05) is 11.5 Å². The number of hydrogen-bond donors (Lipinski definition) is 0. The number of carbonyl (C=O) groups excluding carboxylic acids is 1. The molecule has 0 radical (unpaired) electrons. The molecule has 0 aliphatic carbocycles. The molecule has 7 nitrogen and oxygen atoms in total. The Labute approximate surface area is 228 Å². The van der Waals surface area contributed by atoms with E-state index in [1.165, 1.54) is 23.9 Å². The molecule has 1 aliphatic rings. The second-order valence-corrected chi connectivity index (χ2v) is 10.0. The van der Waals surface area contributed by atoms with Gasteiger partial charge < -0.3 is 9.47 Å². The molecule has 9 heteroatoms. The fourth-order valence-electron chi connectivity index (χ4n) is 4.11. The highest BCUT2D eigenvalue weighted by Gasteiger charge is 2.34. The van der Waals surface area contributed by atoms with Gasteiger partial charge in [-0.1, -0.05) is 66.4 Å². The lowest BCUT2D eigenvalue weighted by Crippen LogP contribution is -2.27. The minimum Gasteiger partial charge on any atom is -0.490 e. The molecule has 4 aromatic carbocycles. The van der Waals surface area contributed by atoms with Crippen LogP contribution >= 0.6 is 24.0 Å². The highest BCUT2D eigenvalue weighted by molar-refractivity contribution is 8.27.